The molecule has 0 saturated heterocycles. The van der Waals surface area contributed by atoms with Gasteiger partial charge in [-0.05, 0) is 54.9 Å². The molecule has 3 nitrogen and oxygen atoms in total. The van der Waals surface area contributed by atoms with Crippen molar-refractivity contribution < 1.29 is 22.7 Å². The second-order valence-electron chi connectivity index (χ2n) is 4.82. The first-order chi connectivity index (χ1) is 8.49. The van der Waals surface area contributed by atoms with Crippen LogP contribution in [-0.2, 0) is 10.9 Å². The topological polar surface area (TPSA) is 38.3 Å². The molecule has 1 amide bonds. The lowest BCUT2D eigenvalue weighted by molar-refractivity contribution is -0.137. The summed E-state index contributed by atoms with van der Waals surface area (Å²) in [4.78, 5) is 11.5. The van der Waals surface area contributed by atoms with Crippen LogP contribution in [0.25, 0.3) is 0 Å². The van der Waals surface area contributed by atoms with Gasteiger partial charge in [-0.3, -0.25) is 5.32 Å². The summed E-state index contributed by atoms with van der Waals surface area (Å²) in [6.07, 6.45) is -5.15. The van der Waals surface area contributed by atoms with Gasteiger partial charge in [-0.25, -0.2) is 4.79 Å². The maximum atomic E-state index is 12.5. The molecule has 0 atom stereocenters. The molecule has 1 aromatic rings. The van der Waals surface area contributed by atoms with Crippen molar-refractivity contribution in [2.75, 3.05) is 5.32 Å². The summed E-state index contributed by atoms with van der Waals surface area (Å²) in [6.45, 7) is 5.07. The van der Waals surface area contributed by atoms with Crippen LogP contribution in [0.15, 0.2) is 22.7 Å². The summed E-state index contributed by atoms with van der Waals surface area (Å²) in [6, 6.07) is 2.95. The minimum absolute atomic E-state index is 0.133. The molecule has 1 aromatic carbocycles. The Hall–Kier alpha value is -1.24. The van der Waals surface area contributed by atoms with Gasteiger partial charge in [-0.15, -0.1) is 0 Å². The number of nitrogens with one attached hydrogen (secondary N) is 1. The van der Waals surface area contributed by atoms with Gasteiger partial charge in [0.05, 0.1) is 11.3 Å². The molecule has 19 heavy (non-hydrogen) atoms. The van der Waals surface area contributed by atoms with E-state index >= 15 is 0 Å². The van der Waals surface area contributed by atoms with Crippen molar-refractivity contribution in [3.05, 3.63) is 28.2 Å². The van der Waals surface area contributed by atoms with Crippen LogP contribution in [0.2, 0.25) is 0 Å². The smallest absolute Gasteiger partial charge is 0.416 e. The van der Waals surface area contributed by atoms with E-state index in [0.717, 1.165) is 18.2 Å². The molecule has 0 aliphatic heterocycles. The summed E-state index contributed by atoms with van der Waals surface area (Å²) >= 11 is 2.98. The molecular formula is C12H13BrF3NO2. The predicted octanol–water partition coefficient (Wildman–Crippen LogP) is 4.81. The van der Waals surface area contributed by atoms with E-state index in [4.69, 9.17) is 4.74 Å². The summed E-state index contributed by atoms with van der Waals surface area (Å²) < 4.78 is 42.5. The molecule has 1 rings (SSSR count). The quantitative estimate of drug-likeness (QED) is 0.796. The van der Waals surface area contributed by atoms with Crippen molar-refractivity contribution in [2.45, 2.75) is 32.5 Å². The Morgan fingerprint density at radius 1 is 1.26 bits per heavy atom. The Balaban J connectivity index is 2.84. The van der Waals surface area contributed by atoms with Crippen molar-refractivity contribution in [1.82, 2.24) is 0 Å². The van der Waals surface area contributed by atoms with Gasteiger partial charge in [-0.1, -0.05) is 0 Å². The molecule has 0 spiro atoms. The molecular weight excluding hydrogens is 327 g/mol. The lowest BCUT2D eigenvalue weighted by Gasteiger charge is -2.20. The molecule has 0 fully saturated rings. The van der Waals surface area contributed by atoms with Crippen LogP contribution < -0.4 is 5.32 Å². The zero-order chi connectivity index (χ0) is 14.8. The summed E-state index contributed by atoms with van der Waals surface area (Å²) in [5.41, 5.74) is -1.26. The summed E-state index contributed by atoms with van der Waals surface area (Å²) in [5.74, 6) is 0. The van der Waals surface area contributed by atoms with Gasteiger partial charge < -0.3 is 4.74 Å². The van der Waals surface area contributed by atoms with Crippen molar-refractivity contribution in [3.63, 3.8) is 0 Å². The Kier molecular flexibility index (Phi) is 4.50. The minimum Gasteiger partial charge on any atom is -0.444 e. The molecule has 1 N–H and O–H groups in total. The number of ether oxygens (including phenoxy) is 1. The molecule has 0 radical (unpaired) electrons. The SMILES string of the molecule is CC(C)(C)OC(=O)Nc1ccc(C(F)(F)F)cc1Br. The molecule has 0 unspecified atom stereocenters. The highest BCUT2D eigenvalue weighted by atomic mass is 79.9. The fourth-order valence-corrected chi connectivity index (χ4v) is 1.68. The third-order valence-electron chi connectivity index (χ3n) is 1.93. The molecule has 106 valence electrons. The number of anilines is 1. The highest BCUT2D eigenvalue weighted by Crippen LogP contribution is 2.34. The zero-order valence-corrected chi connectivity index (χ0v) is 12.1. The Bertz CT molecular complexity index is 481. The Morgan fingerprint density at radius 3 is 2.26 bits per heavy atom. The largest absolute Gasteiger partial charge is 0.444 e. The second kappa shape index (κ2) is 5.40. The number of hydrogen-bond donors (Lipinski definition) is 1. The van der Waals surface area contributed by atoms with E-state index in [2.05, 4.69) is 21.2 Å². The standard InChI is InChI=1S/C12H13BrF3NO2/c1-11(2,3)19-10(18)17-9-5-4-7(6-8(9)13)12(14,15)16/h4-6H,1-3H3,(H,17,18). The van der Waals surface area contributed by atoms with Gasteiger partial charge in [0, 0.05) is 4.47 Å². The molecule has 0 heterocycles. The fourth-order valence-electron chi connectivity index (χ4n) is 1.21. The Morgan fingerprint density at radius 2 is 1.84 bits per heavy atom. The van der Waals surface area contributed by atoms with E-state index in [1.165, 1.54) is 0 Å². The first-order valence-electron chi connectivity index (χ1n) is 5.36. The molecule has 7 heteroatoms. The molecule has 0 aliphatic rings. The number of carbonyl (C=O) groups is 1. The first kappa shape index (κ1) is 15.8. The van der Waals surface area contributed by atoms with Crippen molar-refractivity contribution in [1.29, 1.82) is 0 Å². The first-order valence-corrected chi connectivity index (χ1v) is 6.15. The molecule has 0 aromatic heterocycles. The average Bonchev–Trinajstić information content (AvgIpc) is 2.16. The van der Waals surface area contributed by atoms with E-state index in [1.54, 1.807) is 20.8 Å². The number of hydrogen-bond acceptors (Lipinski definition) is 2. The van der Waals surface area contributed by atoms with Crippen LogP contribution in [-0.4, -0.2) is 11.7 Å². The highest BCUT2D eigenvalue weighted by Gasteiger charge is 2.31. The van der Waals surface area contributed by atoms with Crippen LogP contribution in [0.1, 0.15) is 26.3 Å². The summed E-state index contributed by atoms with van der Waals surface area (Å²) in [7, 11) is 0. The number of alkyl halides is 3. The lowest BCUT2D eigenvalue weighted by Crippen LogP contribution is -2.27. The van der Waals surface area contributed by atoms with E-state index in [1.807, 2.05) is 0 Å². The maximum Gasteiger partial charge on any atom is 0.416 e. The molecule has 0 aliphatic carbocycles. The van der Waals surface area contributed by atoms with Crippen LogP contribution in [0.4, 0.5) is 23.7 Å². The zero-order valence-electron chi connectivity index (χ0n) is 10.6. The monoisotopic (exact) mass is 339 g/mol. The van der Waals surface area contributed by atoms with Crippen molar-refractivity contribution in [3.8, 4) is 0 Å². The van der Waals surface area contributed by atoms with E-state index in [9.17, 15) is 18.0 Å². The normalized spacial score (nSPS) is 12.2. The van der Waals surface area contributed by atoms with Gasteiger partial charge in [0.15, 0.2) is 0 Å². The fraction of sp³-hybridized carbons (Fsp3) is 0.417. The van der Waals surface area contributed by atoms with Crippen molar-refractivity contribution >= 4 is 27.7 Å². The third kappa shape index (κ3) is 5.10. The number of amides is 1. The second-order valence-corrected chi connectivity index (χ2v) is 5.67. The van der Waals surface area contributed by atoms with Gasteiger partial charge in [-0.2, -0.15) is 13.2 Å². The third-order valence-corrected chi connectivity index (χ3v) is 2.59. The van der Waals surface area contributed by atoms with Gasteiger partial charge in [0.2, 0.25) is 0 Å². The maximum absolute atomic E-state index is 12.5. The van der Waals surface area contributed by atoms with Gasteiger partial charge in [0.25, 0.3) is 0 Å². The minimum atomic E-state index is -4.42. The summed E-state index contributed by atoms with van der Waals surface area (Å²) in [5, 5.41) is 2.37. The highest BCUT2D eigenvalue weighted by molar-refractivity contribution is 9.10. The lowest BCUT2D eigenvalue weighted by atomic mass is 10.2. The van der Waals surface area contributed by atoms with E-state index in [-0.39, 0.29) is 10.2 Å². The van der Waals surface area contributed by atoms with Crippen LogP contribution >= 0.6 is 15.9 Å². The van der Waals surface area contributed by atoms with Crippen molar-refractivity contribution in [2.24, 2.45) is 0 Å². The molecule has 0 saturated carbocycles. The van der Waals surface area contributed by atoms with Gasteiger partial charge in [0.1, 0.15) is 5.60 Å². The number of halogens is 4. The average molecular weight is 340 g/mol. The van der Waals surface area contributed by atoms with E-state index < -0.39 is 23.4 Å². The number of rotatable bonds is 1. The Labute approximate surface area is 117 Å². The van der Waals surface area contributed by atoms with Gasteiger partial charge >= 0.3 is 12.3 Å². The predicted molar refractivity (Wildman–Crippen MR) is 69.0 cm³/mol. The number of carbonyl (C=O) groups excluding carboxylic acids is 1. The van der Waals surface area contributed by atoms with Crippen LogP contribution in [0.5, 0.6) is 0 Å². The van der Waals surface area contributed by atoms with Crippen LogP contribution in [0, 0.1) is 0 Å². The van der Waals surface area contributed by atoms with Crippen LogP contribution in [0.3, 0.4) is 0 Å². The number of benzene rings is 1. The molecule has 0 bridgehead atoms. The van der Waals surface area contributed by atoms with E-state index in [0.29, 0.717) is 0 Å².